The molecule has 0 aliphatic carbocycles. The van der Waals surface area contributed by atoms with E-state index in [0.717, 1.165) is 5.39 Å². The third kappa shape index (κ3) is 2.72. The molecule has 0 spiro atoms. The summed E-state index contributed by atoms with van der Waals surface area (Å²) in [6, 6.07) is 9.13. The molecular weight excluding hydrogens is 221 g/mol. The predicted octanol–water partition coefficient (Wildman–Crippen LogP) is 0.288. The number of aromatic nitrogens is 1. The minimum atomic E-state index is 0. The van der Waals surface area contributed by atoms with Gasteiger partial charge in [-0.3, -0.25) is 4.98 Å². The van der Waals surface area contributed by atoms with Crippen molar-refractivity contribution in [1.29, 1.82) is 0 Å². The first-order valence-electron chi connectivity index (χ1n) is 3.40. The molecule has 14 heavy (non-hydrogen) atoms. The van der Waals surface area contributed by atoms with Gasteiger partial charge in [0.2, 0.25) is 0 Å². The Bertz CT molecular complexity index is 389. The molecule has 0 saturated heterocycles. The quantitative estimate of drug-likeness (QED) is 0.706. The number of hydrogen-bond donors (Lipinski definition) is 1. The van der Waals surface area contributed by atoms with Gasteiger partial charge in [0.1, 0.15) is 11.3 Å². The van der Waals surface area contributed by atoms with E-state index in [9.17, 15) is 5.11 Å². The number of fused-ring (bicyclic) bond motifs is 1. The first-order valence-corrected chi connectivity index (χ1v) is 3.40. The smallest absolute Gasteiger partial charge is 0.141 e. The molecule has 1 radical (unpaired) electrons. The van der Waals surface area contributed by atoms with Crippen LogP contribution in [0, 0.1) is 0 Å². The number of nitrogens with zero attached hydrogens (tertiary/aromatic N) is 1. The van der Waals surface area contributed by atoms with Crippen molar-refractivity contribution in [2.75, 3.05) is 0 Å². The second-order valence-corrected chi connectivity index (χ2v) is 2.35. The van der Waals surface area contributed by atoms with Crippen LogP contribution in [0.2, 0.25) is 0 Å². The molecule has 0 bridgehead atoms. The Labute approximate surface area is 93.1 Å². The normalized spacial score (nSPS) is 8.00. The van der Waals surface area contributed by atoms with E-state index < -0.39 is 0 Å². The average Bonchev–Trinajstić information content (AvgIpc) is 2.06. The van der Waals surface area contributed by atoms with Crippen molar-refractivity contribution in [3.8, 4) is 5.75 Å². The molecule has 75 valence electrons. The van der Waals surface area contributed by atoms with Gasteiger partial charge < -0.3 is 16.1 Å². The third-order valence-corrected chi connectivity index (χ3v) is 1.61. The summed E-state index contributed by atoms with van der Waals surface area (Å²) in [7, 11) is 0. The summed E-state index contributed by atoms with van der Waals surface area (Å²) in [5.41, 5.74) is 0.662. The van der Waals surface area contributed by atoms with Gasteiger partial charge in [-0.2, -0.15) is 0 Å². The number of phenolic OH excluding ortho intramolecular Hbond substituents is 1. The molecular formula is C9H11NO3V. The van der Waals surface area contributed by atoms with Gasteiger partial charge in [-0.25, -0.2) is 0 Å². The molecule has 0 aliphatic rings. The molecule has 5 N–H and O–H groups in total. The fourth-order valence-corrected chi connectivity index (χ4v) is 1.09. The molecule has 0 atom stereocenters. The Morgan fingerprint density at radius 2 is 1.64 bits per heavy atom. The van der Waals surface area contributed by atoms with Gasteiger partial charge in [0.05, 0.1) is 0 Å². The number of rotatable bonds is 0. The maximum atomic E-state index is 9.31. The van der Waals surface area contributed by atoms with E-state index in [4.69, 9.17) is 0 Å². The van der Waals surface area contributed by atoms with Gasteiger partial charge >= 0.3 is 0 Å². The van der Waals surface area contributed by atoms with E-state index in [1.54, 1.807) is 18.3 Å². The summed E-state index contributed by atoms with van der Waals surface area (Å²) in [6.07, 6.45) is 1.67. The maximum Gasteiger partial charge on any atom is 0.141 e. The molecule has 1 heterocycles. The molecule has 1 aromatic carbocycles. The summed E-state index contributed by atoms with van der Waals surface area (Å²) in [6.45, 7) is 0. The Kier molecular flexibility index (Phi) is 7.04. The Morgan fingerprint density at radius 1 is 1.00 bits per heavy atom. The summed E-state index contributed by atoms with van der Waals surface area (Å²) < 4.78 is 0. The van der Waals surface area contributed by atoms with E-state index >= 15 is 0 Å². The predicted molar refractivity (Wildman–Crippen MR) is 50.6 cm³/mol. The molecule has 0 saturated carbocycles. The summed E-state index contributed by atoms with van der Waals surface area (Å²) in [4.78, 5) is 4.03. The van der Waals surface area contributed by atoms with E-state index in [0.29, 0.717) is 5.52 Å². The standard InChI is InChI=1S/C9H7NO.2H2O.V/c11-8-5-1-3-7-4-2-6-10-9(7)8;;;/h1-6,11H;2*1H2;. The van der Waals surface area contributed by atoms with Gasteiger partial charge in [0.15, 0.2) is 0 Å². The maximum absolute atomic E-state index is 9.31. The van der Waals surface area contributed by atoms with Crippen molar-refractivity contribution in [3.05, 3.63) is 36.5 Å². The fourth-order valence-electron chi connectivity index (χ4n) is 1.09. The van der Waals surface area contributed by atoms with Gasteiger partial charge in [-0.1, -0.05) is 18.2 Å². The van der Waals surface area contributed by atoms with Crippen LogP contribution in [0.4, 0.5) is 0 Å². The van der Waals surface area contributed by atoms with Crippen LogP contribution in [-0.2, 0) is 18.6 Å². The van der Waals surface area contributed by atoms with E-state index in [1.165, 1.54) is 0 Å². The van der Waals surface area contributed by atoms with E-state index in [2.05, 4.69) is 4.98 Å². The fraction of sp³-hybridized carbons (Fsp3) is 0. The number of benzene rings is 1. The number of aromatic hydroxyl groups is 1. The van der Waals surface area contributed by atoms with Gasteiger partial charge in [0.25, 0.3) is 0 Å². The minimum absolute atomic E-state index is 0. The van der Waals surface area contributed by atoms with Crippen molar-refractivity contribution in [1.82, 2.24) is 4.98 Å². The van der Waals surface area contributed by atoms with Crippen LogP contribution < -0.4 is 0 Å². The van der Waals surface area contributed by atoms with Crippen molar-refractivity contribution in [2.45, 2.75) is 0 Å². The van der Waals surface area contributed by atoms with Crippen LogP contribution in [0.25, 0.3) is 10.9 Å². The summed E-state index contributed by atoms with van der Waals surface area (Å²) in [5.74, 6) is 0.239. The van der Waals surface area contributed by atoms with Crippen LogP contribution in [-0.4, -0.2) is 21.0 Å². The molecule has 5 heteroatoms. The second kappa shape index (κ2) is 6.40. The van der Waals surface area contributed by atoms with Crippen molar-refractivity contribution < 1.29 is 34.6 Å². The number of phenols is 1. The number of hydrogen-bond acceptors (Lipinski definition) is 2. The zero-order valence-electron chi connectivity index (χ0n) is 7.31. The Hall–Kier alpha value is -1.07. The van der Waals surface area contributed by atoms with Crippen molar-refractivity contribution in [3.63, 3.8) is 0 Å². The van der Waals surface area contributed by atoms with Gasteiger partial charge in [-0.15, -0.1) is 0 Å². The number of pyridine rings is 1. The molecule has 4 nitrogen and oxygen atoms in total. The van der Waals surface area contributed by atoms with Gasteiger partial charge in [-0.05, 0) is 12.1 Å². The van der Waals surface area contributed by atoms with Crippen molar-refractivity contribution >= 4 is 10.9 Å². The molecule has 0 unspecified atom stereocenters. The average molecular weight is 232 g/mol. The first-order chi connectivity index (χ1) is 5.38. The van der Waals surface area contributed by atoms with Crippen LogP contribution in [0.1, 0.15) is 0 Å². The number of para-hydroxylation sites is 1. The Balaban J connectivity index is 0. The van der Waals surface area contributed by atoms with Gasteiger partial charge in [0, 0.05) is 30.1 Å². The summed E-state index contributed by atoms with van der Waals surface area (Å²) >= 11 is 0. The minimum Gasteiger partial charge on any atom is -0.506 e. The molecule has 1 aromatic heterocycles. The van der Waals surface area contributed by atoms with Crippen LogP contribution in [0.3, 0.4) is 0 Å². The zero-order chi connectivity index (χ0) is 7.68. The third-order valence-electron chi connectivity index (χ3n) is 1.61. The topological polar surface area (TPSA) is 96.1 Å². The molecule has 0 amide bonds. The first kappa shape index (κ1) is 15.4. The molecule has 0 fully saturated rings. The largest absolute Gasteiger partial charge is 0.506 e. The zero-order valence-corrected chi connectivity index (χ0v) is 8.70. The van der Waals surface area contributed by atoms with Crippen molar-refractivity contribution in [2.24, 2.45) is 0 Å². The van der Waals surface area contributed by atoms with Crippen LogP contribution >= 0.6 is 0 Å². The Morgan fingerprint density at radius 3 is 2.29 bits per heavy atom. The SMILES string of the molecule is O.O.Oc1cccc2cccnc12.[V]. The van der Waals surface area contributed by atoms with Crippen LogP contribution in [0.5, 0.6) is 5.75 Å². The molecule has 2 rings (SSSR count). The van der Waals surface area contributed by atoms with Crippen LogP contribution in [0.15, 0.2) is 36.5 Å². The molecule has 2 aromatic rings. The monoisotopic (exact) mass is 232 g/mol. The molecule has 0 aliphatic heterocycles. The second-order valence-electron chi connectivity index (χ2n) is 2.35. The van der Waals surface area contributed by atoms with E-state index in [1.807, 2.05) is 18.2 Å². The van der Waals surface area contributed by atoms with E-state index in [-0.39, 0.29) is 35.3 Å². The summed E-state index contributed by atoms with van der Waals surface area (Å²) in [5, 5.41) is 10.3.